The predicted octanol–water partition coefficient (Wildman–Crippen LogP) is 3.83. The van der Waals surface area contributed by atoms with E-state index in [9.17, 15) is 14.4 Å². The number of carbonyl (C=O) groups excluding carboxylic acids is 3. The highest BCUT2D eigenvalue weighted by Gasteiger charge is 2.25. The molecule has 0 saturated carbocycles. The van der Waals surface area contributed by atoms with Crippen LogP contribution in [0.4, 0.5) is 0 Å². The Morgan fingerprint density at radius 1 is 1.09 bits per heavy atom. The minimum atomic E-state index is -0.674. The number of rotatable bonds is 6. The molecule has 0 aliphatic carbocycles. The Bertz CT molecular complexity index is 1210. The average Bonchev–Trinajstić information content (AvgIpc) is 3.13. The smallest absolute Gasteiger partial charge is 0.345 e. The van der Waals surface area contributed by atoms with Gasteiger partial charge >= 0.3 is 11.9 Å². The van der Waals surface area contributed by atoms with E-state index in [1.165, 1.54) is 44.7 Å². The molecule has 1 N–H and O–H groups in total. The van der Waals surface area contributed by atoms with Crippen molar-refractivity contribution in [3.63, 3.8) is 0 Å². The number of nitrogens with zero attached hydrogens (tertiary/aromatic N) is 2. The molecule has 0 bridgehead atoms. The van der Waals surface area contributed by atoms with Crippen LogP contribution in [0.2, 0.25) is 10.0 Å². The highest BCUT2D eigenvalue weighted by molar-refractivity contribution is 8.18. The summed E-state index contributed by atoms with van der Waals surface area (Å²) in [6, 6.07) is 9.17. The van der Waals surface area contributed by atoms with Crippen LogP contribution in [-0.4, -0.2) is 43.4 Å². The van der Waals surface area contributed by atoms with Gasteiger partial charge in [-0.25, -0.2) is 9.59 Å². The van der Waals surface area contributed by atoms with Crippen LogP contribution in [0.15, 0.2) is 57.6 Å². The Kier molecular flexibility index (Phi) is 8.10. The van der Waals surface area contributed by atoms with Crippen molar-refractivity contribution in [3.05, 3.63) is 68.6 Å². The van der Waals surface area contributed by atoms with Crippen molar-refractivity contribution < 1.29 is 28.6 Å². The molecule has 2 aromatic rings. The van der Waals surface area contributed by atoms with Gasteiger partial charge < -0.3 is 14.2 Å². The zero-order valence-corrected chi connectivity index (χ0v) is 19.5. The summed E-state index contributed by atoms with van der Waals surface area (Å²) in [5.74, 6) is -1.35. The fourth-order valence-corrected chi connectivity index (χ4v) is 3.67. The van der Waals surface area contributed by atoms with Crippen molar-refractivity contribution >= 4 is 64.2 Å². The number of esters is 2. The predicted molar refractivity (Wildman–Crippen MR) is 125 cm³/mol. The van der Waals surface area contributed by atoms with Gasteiger partial charge in [0.2, 0.25) is 0 Å². The fraction of sp³-hybridized carbons (Fsp3) is 0.0952. The van der Waals surface area contributed by atoms with E-state index < -0.39 is 17.8 Å². The van der Waals surface area contributed by atoms with Crippen LogP contribution in [0, 0.1) is 0 Å². The number of methoxy groups -OCH3 is 2. The lowest BCUT2D eigenvalue weighted by molar-refractivity contribution is -0.135. The van der Waals surface area contributed by atoms with Gasteiger partial charge in [0.15, 0.2) is 16.7 Å². The van der Waals surface area contributed by atoms with Crippen LogP contribution in [0.25, 0.3) is 0 Å². The Balaban J connectivity index is 1.71. The van der Waals surface area contributed by atoms with Crippen molar-refractivity contribution in [1.29, 1.82) is 0 Å². The maximum Gasteiger partial charge on any atom is 0.345 e. The molecule has 0 atom stereocenters. The maximum absolute atomic E-state index is 12.4. The van der Waals surface area contributed by atoms with Gasteiger partial charge in [-0.15, -0.1) is 5.10 Å². The number of hydrogen-bond acceptors (Lipinski definition) is 9. The second-order valence-corrected chi connectivity index (χ2v) is 8.04. The molecular formula is C21H15Cl2N3O6S. The largest absolute Gasteiger partial charge is 0.493 e. The number of thioether (sulfide) groups is 1. The molecule has 1 amide bonds. The van der Waals surface area contributed by atoms with Crippen LogP contribution in [0.5, 0.6) is 11.5 Å². The van der Waals surface area contributed by atoms with E-state index in [2.05, 4.69) is 20.3 Å². The Hall–Kier alpha value is -3.34. The van der Waals surface area contributed by atoms with Crippen LogP contribution < -0.4 is 14.8 Å². The van der Waals surface area contributed by atoms with Crippen LogP contribution >= 0.6 is 35.0 Å². The molecule has 1 fully saturated rings. The number of carbonyl (C=O) groups is 3. The molecule has 12 heteroatoms. The second-order valence-electron chi connectivity index (χ2n) is 6.16. The number of hydrogen-bond donors (Lipinski definition) is 1. The summed E-state index contributed by atoms with van der Waals surface area (Å²) in [6.45, 7) is 0. The van der Waals surface area contributed by atoms with Crippen LogP contribution in [0.3, 0.4) is 0 Å². The molecule has 2 aromatic carbocycles. The molecule has 1 aliphatic rings. The molecule has 9 nitrogen and oxygen atoms in total. The third-order valence-corrected chi connectivity index (χ3v) is 5.45. The monoisotopic (exact) mass is 507 g/mol. The topological polar surface area (TPSA) is 116 Å². The number of halogens is 2. The summed E-state index contributed by atoms with van der Waals surface area (Å²) in [5.41, 5.74) is 0.737. The summed E-state index contributed by atoms with van der Waals surface area (Å²) >= 11 is 12.8. The third-order valence-electron chi connectivity index (χ3n) is 4.00. The van der Waals surface area contributed by atoms with Gasteiger partial charge in [0.05, 0.1) is 35.9 Å². The van der Waals surface area contributed by atoms with E-state index in [-0.39, 0.29) is 32.2 Å². The number of ether oxygens (including phenoxy) is 3. The van der Waals surface area contributed by atoms with Crippen LogP contribution in [-0.2, 0) is 14.3 Å². The van der Waals surface area contributed by atoms with Gasteiger partial charge in [-0.2, -0.15) is 5.10 Å². The molecule has 1 aliphatic heterocycles. The van der Waals surface area contributed by atoms with Crippen molar-refractivity contribution in [3.8, 4) is 11.5 Å². The Labute approximate surface area is 202 Å². The Morgan fingerprint density at radius 2 is 1.88 bits per heavy atom. The van der Waals surface area contributed by atoms with E-state index in [0.29, 0.717) is 10.6 Å². The molecule has 0 unspecified atom stereocenters. The lowest BCUT2D eigenvalue weighted by atomic mass is 10.2. The van der Waals surface area contributed by atoms with Crippen molar-refractivity contribution in [2.45, 2.75) is 0 Å². The van der Waals surface area contributed by atoms with Gasteiger partial charge in [-0.3, -0.25) is 10.1 Å². The SMILES string of the molecule is COC(=O)/C=C1/S/C(=N\N=Cc2ccc(OC(=O)c3ccc(Cl)cc3Cl)c(OC)c2)NC1=O. The highest BCUT2D eigenvalue weighted by atomic mass is 35.5. The minimum absolute atomic E-state index is 0.143. The van der Waals surface area contributed by atoms with Gasteiger partial charge in [-0.1, -0.05) is 23.2 Å². The first-order chi connectivity index (χ1) is 15.8. The van der Waals surface area contributed by atoms with Crippen LogP contribution in [0.1, 0.15) is 15.9 Å². The van der Waals surface area contributed by atoms with E-state index >= 15 is 0 Å². The lowest BCUT2D eigenvalue weighted by Crippen LogP contribution is -2.19. The summed E-state index contributed by atoms with van der Waals surface area (Å²) in [6.07, 6.45) is 2.47. The van der Waals surface area contributed by atoms with Gasteiger partial charge in [-0.05, 0) is 53.7 Å². The summed E-state index contributed by atoms with van der Waals surface area (Å²) in [4.78, 5) is 35.7. The Morgan fingerprint density at radius 3 is 2.58 bits per heavy atom. The number of amides is 1. The molecule has 33 heavy (non-hydrogen) atoms. The van der Waals surface area contributed by atoms with Crippen molar-refractivity contribution in [2.75, 3.05) is 14.2 Å². The molecule has 0 aromatic heterocycles. The molecule has 1 heterocycles. The van der Waals surface area contributed by atoms with E-state index in [0.717, 1.165) is 17.8 Å². The van der Waals surface area contributed by atoms with E-state index in [1.807, 2.05) is 0 Å². The quantitative estimate of drug-likeness (QED) is 0.207. The second kappa shape index (κ2) is 11.0. The average molecular weight is 508 g/mol. The van der Waals surface area contributed by atoms with Gasteiger partial charge in [0, 0.05) is 11.1 Å². The first-order valence-electron chi connectivity index (χ1n) is 9.06. The molecule has 170 valence electrons. The normalized spacial score (nSPS) is 15.7. The maximum atomic E-state index is 12.4. The van der Waals surface area contributed by atoms with Crippen molar-refractivity contribution in [2.24, 2.45) is 10.2 Å². The summed E-state index contributed by atoms with van der Waals surface area (Å²) in [5, 5.41) is 11.1. The summed E-state index contributed by atoms with van der Waals surface area (Å²) in [7, 11) is 2.63. The molecule has 0 radical (unpaired) electrons. The fourth-order valence-electron chi connectivity index (χ4n) is 2.45. The zero-order valence-electron chi connectivity index (χ0n) is 17.1. The molecule has 1 saturated heterocycles. The third kappa shape index (κ3) is 6.35. The molecule has 0 spiro atoms. The highest BCUT2D eigenvalue weighted by Crippen LogP contribution is 2.30. The first kappa shape index (κ1) is 24.3. The number of amidine groups is 1. The van der Waals surface area contributed by atoms with E-state index in [1.54, 1.807) is 12.1 Å². The minimum Gasteiger partial charge on any atom is -0.493 e. The van der Waals surface area contributed by atoms with E-state index in [4.69, 9.17) is 32.7 Å². The van der Waals surface area contributed by atoms with Gasteiger partial charge in [0.25, 0.3) is 5.91 Å². The zero-order chi connectivity index (χ0) is 24.0. The molecular weight excluding hydrogens is 493 g/mol. The van der Waals surface area contributed by atoms with Gasteiger partial charge in [0.1, 0.15) is 0 Å². The first-order valence-corrected chi connectivity index (χ1v) is 10.6. The lowest BCUT2D eigenvalue weighted by Gasteiger charge is -2.10. The van der Waals surface area contributed by atoms with Crippen molar-refractivity contribution in [1.82, 2.24) is 5.32 Å². The standard InChI is InChI=1S/C21H15Cl2N3O6S/c1-30-16-7-11(10-24-26-21-25-19(28)17(33-21)9-18(27)31-2)3-6-15(16)32-20(29)13-5-4-12(22)8-14(13)23/h3-10H,1-2H3,(H,25,26,28)/b17-9+,24-10?. The number of nitrogens with one attached hydrogen (secondary N) is 1. The summed E-state index contributed by atoms with van der Waals surface area (Å²) < 4.78 is 15.2. The number of benzene rings is 2. The molecule has 3 rings (SSSR count).